The highest BCUT2D eigenvalue weighted by Gasteiger charge is 2.39. The van der Waals surface area contributed by atoms with Crippen molar-refractivity contribution in [3.63, 3.8) is 0 Å². The van der Waals surface area contributed by atoms with Gasteiger partial charge in [-0.05, 0) is 49.9 Å². The fraction of sp³-hybridized carbons (Fsp3) is 1.00. The molecular weight excluding hydrogens is 212 g/mol. The Labute approximate surface area is 92.3 Å². The Balaban J connectivity index is 1.74. The molecule has 2 rings (SSSR count). The molecule has 0 aliphatic heterocycles. The molecule has 0 radical (unpaired) electrons. The summed E-state index contributed by atoms with van der Waals surface area (Å²) in [4.78, 5) is 0. The average molecular weight is 232 g/mol. The van der Waals surface area contributed by atoms with Crippen LogP contribution in [0.5, 0.6) is 0 Å². The largest absolute Gasteiger partial charge is 0.270 e. The van der Waals surface area contributed by atoms with Crippen molar-refractivity contribution in [2.75, 3.05) is 12.9 Å². The van der Waals surface area contributed by atoms with E-state index in [2.05, 4.69) is 0 Å². The Kier molecular flexibility index (Phi) is 3.08. The number of hydrogen-bond donors (Lipinski definition) is 0. The molecule has 0 aromatic carbocycles. The number of rotatable bonds is 3. The van der Waals surface area contributed by atoms with Crippen molar-refractivity contribution in [3.8, 4) is 0 Å². The summed E-state index contributed by atoms with van der Waals surface area (Å²) in [6, 6.07) is 0. The molecule has 0 unspecified atom stereocenters. The van der Waals surface area contributed by atoms with Crippen molar-refractivity contribution in [3.05, 3.63) is 0 Å². The van der Waals surface area contributed by atoms with E-state index >= 15 is 0 Å². The first-order valence-corrected chi connectivity index (χ1v) is 7.65. The van der Waals surface area contributed by atoms with E-state index in [0.29, 0.717) is 17.9 Å². The minimum atomic E-state index is -3.24. The third-order valence-corrected chi connectivity index (χ3v) is 4.66. The summed E-state index contributed by atoms with van der Waals surface area (Å²) >= 11 is 0. The van der Waals surface area contributed by atoms with Crippen molar-refractivity contribution in [1.82, 2.24) is 0 Å². The van der Waals surface area contributed by atoms with E-state index in [0.717, 1.165) is 19.1 Å². The highest BCUT2D eigenvalue weighted by atomic mass is 32.2. The normalized spacial score (nSPS) is 26.5. The Bertz CT molecular complexity index is 307. The summed E-state index contributed by atoms with van der Waals surface area (Å²) in [6.45, 7) is 0.398. The van der Waals surface area contributed by atoms with Crippen LogP contribution in [0.2, 0.25) is 0 Å². The van der Waals surface area contributed by atoms with Gasteiger partial charge < -0.3 is 0 Å². The molecule has 0 N–H and O–H groups in total. The van der Waals surface area contributed by atoms with Crippen LogP contribution >= 0.6 is 0 Å². The second-order valence-electron chi connectivity index (χ2n) is 5.29. The van der Waals surface area contributed by atoms with Crippen LogP contribution < -0.4 is 0 Å². The van der Waals surface area contributed by atoms with E-state index in [1.165, 1.54) is 32.1 Å². The Morgan fingerprint density at radius 2 is 1.80 bits per heavy atom. The van der Waals surface area contributed by atoms with Gasteiger partial charge in [-0.1, -0.05) is 6.42 Å². The van der Waals surface area contributed by atoms with Gasteiger partial charge in [0.25, 0.3) is 10.1 Å². The topological polar surface area (TPSA) is 43.4 Å². The van der Waals surface area contributed by atoms with Crippen molar-refractivity contribution in [2.45, 2.75) is 44.9 Å². The fourth-order valence-corrected chi connectivity index (χ4v) is 3.29. The quantitative estimate of drug-likeness (QED) is 0.701. The Morgan fingerprint density at radius 3 is 2.20 bits per heavy atom. The van der Waals surface area contributed by atoms with Crippen LogP contribution in [0.15, 0.2) is 0 Å². The predicted molar refractivity (Wildman–Crippen MR) is 59.0 cm³/mol. The summed E-state index contributed by atoms with van der Waals surface area (Å²) < 4.78 is 26.6. The number of hydrogen-bond acceptors (Lipinski definition) is 3. The third kappa shape index (κ3) is 2.94. The third-order valence-electron chi connectivity index (χ3n) is 4.10. The van der Waals surface area contributed by atoms with Crippen LogP contribution in [-0.2, 0) is 14.3 Å². The molecule has 0 bridgehead atoms. The van der Waals surface area contributed by atoms with E-state index in [4.69, 9.17) is 4.18 Å². The molecule has 88 valence electrons. The zero-order chi connectivity index (χ0) is 10.9. The van der Waals surface area contributed by atoms with Gasteiger partial charge in [0.2, 0.25) is 0 Å². The summed E-state index contributed by atoms with van der Waals surface area (Å²) in [5.41, 5.74) is 0.654. The maximum atomic E-state index is 10.8. The summed E-state index contributed by atoms with van der Waals surface area (Å²) in [7, 11) is -3.24. The minimum Gasteiger partial charge on any atom is -0.270 e. The second-order valence-corrected chi connectivity index (χ2v) is 6.93. The molecule has 2 aliphatic carbocycles. The molecule has 0 atom stereocenters. The second kappa shape index (κ2) is 4.06. The van der Waals surface area contributed by atoms with Crippen LogP contribution in [-0.4, -0.2) is 21.3 Å². The van der Waals surface area contributed by atoms with Crippen LogP contribution in [0, 0.1) is 11.3 Å². The van der Waals surface area contributed by atoms with E-state index in [1.54, 1.807) is 0 Å². The standard InChI is InChI=1S/C11H20O3S/c1-15(12,13)14-9-10-3-7-11(8-4-10)5-2-6-11/h10H,2-9H2,1H3. The van der Waals surface area contributed by atoms with Crippen molar-refractivity contribution >= 4 is 10.1 Å². The lowest BCUT2D eigenvalue weighted by atomic mass is 9.59. The highest BCUT2D eigenvalue weighted by molar-refractivity contribution is 7.85. The van der Waals surface area contributed by atoms with E-state index in [9.17, 15) is 8.42 Å². The van der Waals surface area contributed by atoms with E-state index in [-0.39, 0.29) is 0 Å². The zero-order valence-corrected chi connectivity index (χ0v) is 10.2. The molecule has 2 aliphatic rings. The molecule has 2 saturated carbocycles. The van der Waals surface area contributed by atoms with Crippen LogP contribution in [0.1, 0.15) is 44.9 Å². The van der Waals surface area contributed by atoms with E-state index < -0.39 is 10.1 Å². The van der Waals surface area contributed by atoms with Crippen molar-refractivity contribution in [2.24, 2.45) is 11.3 Å². The SMILES string of the molecule is CS(=O)(=O)OCC1CCC2(CCC2)CC1. The van der Waals surface area contributed by atoms with Crippen LogP contribution in [0.4, 0.5) is 0 Å². The van der Waals surface area contributed by atoms with Gasteiger partial charge in [-0.25, -0.2) is 0 Å². The maximum absolute atomic E-state index is 10.8. The molecule has 0 amide bonds. The smallest absolute Gasteiger partial charge is 0.264 e. The van der Waals surface area contributed by atoms with Gasteiger partial charge >= 0.3 is 0 Å². The average Bonchev–Trinajstić information content (AvgIpc) is 2.12. The molecule has 15 heavy (non-hydrogen) atoms. The fourth-order valence-electron chi connectivity index (χ4n) is 2.85. The van der Waals surface area contributed by atoms with Crippen molar-refractivity contribution < 1.29 is 12.6 Å². The molecule has 2 fully saturated rings. The van der Waals surface area contributed by atoms with Crippen LogP contribution in [0.3, 0.4) is 0 Å². The van der Waals surface area contributed by atoms with Gasteiger partial charge in [0.1, 0.15) is 0 Å². The van der Waals surface area contributed by atoms with Gasteiger partial charge in [-0.2, -0.15) is 8.42 Å². The summed E-state index contributed by atoms with van der Waals surface area (Å²) in [5.74, 6) is 0.464. The Morgan fingerprint density at radius 1 is 1.20 bits per heavy atom. The molecule has 0 aromatic rings. The summed E-state index contributed by atoms with van der Waals surface area (Å²) in [5, 5.41) is 0. The maximum Gasteiger partial charge on any atom is 0.264 e. The molecule has 0 heterocycles. The predicted octanol–water partition coefficient (Wildman–Crippen LogP) is 2.32. The molecular formula is C11H20O3S. The van der Waals surface area contributed by atoms with Crippen molar-refractivity contribution in [1.29, 1.82) is 0 Å². The Hall–Kier alpha value is -0.0900. The van der Waals surface area contributed by atoms with Gasteiger partial charge in [0.05, 0.1) is 12.9 Å². The summed E-state index contributed by atoms with van der Waals surface area (Å²) in [6.07, 6.45) is 10.2. The molecule has 4 heteroatoms. The van der Waals surface area contributed by atoms with Gasteiger partial charge in [0, 0.05) is 0 Å². The lowest BCUT2D eigenvalue weighted by Crippen LogP contribution is -2.35. The first-order chi connectivity index (χ1) is 6.99. The van der Waals surface area contributed by atoms with Gasteiger partial charge in [-0.3, -0.25) is 4.18 Å². The zero-order valence-electron chi connectivity index (χ0n) is 9.37. The monoisotopic (exact) mass is 232 g/mol. The first-order valence-electron chi connectivity index (χ1n) is 5.84. The van der Waals surface area contributed by atoms with Crippen LogP contribution in [0.25, 0.3) is 0 Å². The first kappa shape index (κ1) is 11.4. The molecule has 0 saturated heterocycles. The molecule has 1 spiro atoms. The highest BCUT2D eigenvalue weighted by Crippen LogP contribution is 2.52. The molecule has 3 nitrogen and oxygen atoms in total. The molecule has 0 aromatic heterocycles. The van der Waals surface area contributed by atoms with Gasteiger partial charge in [-0.15, -0.1) is 0 Å². The van der Waals surface area contributed by atoms with E-state index in [1.807, 2.05) is 0 Å². The van der Waals surface area contributed by atoms with Gasteiger partial charge in [0.15, 0.2) is 0 Å². The lowest BCUT2D eigenvalue weighted by Gasteiger charge is -2.46. The minimum absolute atomic E-state index is 0.398. The lowest BCUT2D eigenvalue weighted by molar-refractivity contribution is 0.0441.